The third-order valence-electron chi connectivity index (χ3n) is 3.54. The van der Waals surface area contributed by atoms with Crippen molar-refractivity contribution in [3.05, 3.63) is 39.7 Å². The van der Waals surface area contributed by atoms with Crippen molar-refractivity contribution in [2.24, 2.45) is 0 Å². The molecule has 122 valence electrons. The summed E-state index contributed by atoms with van der Waals surface area (Å²) in [4.78, 5) is 26.0. The summed E-state index contributed by atoms with van der Waals surface area (Å²) >= 11 is 1.06. The summed E-state index contributed by atoms with van der Waals surface area (Å²) in [5, 5.41) is 0.680. The lowest BCUT2D eigenvalue weighted by atomic mass is 10.1. The topological polar surface area (TPSA) is 69.0 Å². The number of ether oxygens (including phenoxy) is 2. The number of fused-ring (bicyclic) bond motifs is 1. The highest BCUT2D eigenvalue weighted by Gasteiger charge is 2.27. The molecule has 2 aromatic rings. The molecule has 1 aromatic carbocycles. The van der Waals surface area contributed by atoms with Crippen LogP contribution >= 0.6 is 11.8 Å². The molecule has 0 bridgehead atoms. The average Bonchev–Trinajstić information content (AvgIpc) is 3.00. The molecule has 1 saturated heterocycles. The molecular weight excluding hydrogens is 318 g/mol. The Bertz CT molecular complexity index is 808. The predicted molar refractivity (Wildman–Crippen MR) is 86.8 cm³/mol. The van der Waals surface area contributed by atoms with E-state index in [2.05, 4.69) is 0 Å². The number of amides is 1. The van der Waals surface area contributed by atoms with Gasteiger partial charge in [-0.25, -0.2) is 4.79 Å². The number of rotatable bonds is 2. The number of carbonyl (C=O) groups excluding carboxylic acids is 1. The summed E-state index contributed by atoms with van der Waals surface area (Å²) in [6, 6.07) is 5.12. The minimum Gasteiger partial charge on any atom is -0.422 e. The summed E-state index contributed by atoms with van der Waals surface area (Å²) in [6.07, 6.45) is -0.638. The number of thioether (sulfide) groups is 1. The van der Waals surface area contributed by atoms with Gasteiger partial charge in [-0.05, 0) is 36.4 Å². The standard InChI is InChI=1S/C16H17NO5S/c1-9-8-12(18)22-14-10(9)4-5-11(23-16(19)17(2)3)13(14)15-20-6-7-21-15/h4-5,8,15H,6-7H2,1-3H3. The second-order valence-electron chi connectivity index (χ2n) is 5.44. The molecule has 1 aromatic heterocycles. The van der Waals surface area contributed by atoms with E-state index in [-0.39, 0.29) is 5.24 Å². The molecule has 0 spiro atoms. The molecule has 1 aliphatic rings. The highest BCUT2D eigenvalue weighted by atomic mass is 32.2. The highest BCUT2D eigenvalue weighted by molar-refractivity contribution is 8.13. The van der Waals surface area contributed by atoms with Crippen LogP contribution in [0.5, 0.6) is 0 Å². The Morgan fingerprint density at radius 3 is 2.61 bits per heavy atom. The SMILES string of the molecule is Cc1cc(=O)oc2c(C3OCCO3)c(SC(=O)N(C)C)ccc12. The van der Waals surface area contributed by atoms with Crippen molar-refractivity contribution in [2.75, 3.05) is 27.3 Å². The van der Waals surface area contributed by atoms with E-state index in [0.717, 1.165) is 22.7 Å². The summed E-state index contributed by atoms with van der Waals surface area (Å²) in [6.45, 7) is 2.77. The van der Waals surface area contributed by atoms with Crippen LogP contribution in [0.25, 0.3) is 11.0 Å². The molecule has 1 amide bonds. The Labute approximate surface area is 137 Å². The van der Waals surface area contributed by atoms with Crippen LogP contribution in [0, 0.1) is 6.92 Å². The molecule has 6 nitrogen and oxygen atoms in total. The van der Waals surface area contributed by atoms with Crippen molar-refractivity contribution in [3.63, 3.8) is 0 Å². The van der Waals surface area contributed by atoms with Gasteiger partial charge in [-0.3, -0.25) is 4.79 Å². The Morgan fingerprint density at radius 2 is 1.96 bits per heavy atom. The number of hydrogen-bond donors (Lipinski definition) is 0. The monoisotopic (exact) mass is 335 g/mol. The fourth-order valence-electron chi connectivity index (χ4n) is 2.41. The Morgan fingerprint density at radius 1 is 1.26 bits per heavy atom. The summed E-state index contributed by atoms with van der Waals surface area (Å²) in [5.41, 5.74) is 1.39. The van der Waals surface area contributed by atoms with Gasteiger partial charge in [-0.1, -0.05) is 0 Å². The van der Waals surface area contributed by atoms with E-state index < -0.39 is 11.9 Å². The number of hydrogen-bond acceptors (Lipinski definition) is 6. The zero-order chi connectivity index (χ0) is 16.6. The lowest BCUT2D eigenvalue weighted by molar-refractivity contribution is -0.0455. The summed E-state index contributed by atoms with van der Waals surface area (Å²) in [7, 11) is 3.37. The summed E-state index contributed by atoms with van der Waals surface area (Å²) < 4.78 is 16.6. The fraction of sp³-hybridized carbons (Fsp3) is 0.375. The normalized spacial score (nSPS) is 15.3. The van der Waals surface area contributed by atoms with Crippen LogP contribution in [-0.4, -0.2) is 37.4 Å². The molecule has 0 N–H and O–H groups in total. The maximum absolute atomic E-state index is 12.1. The number of benzene rings is 1. The van der Waals surface area contributed by atoms with Gasteiger partial charge in [0.2, 0.25) is 0 Å². The van der Waals surface area contributed by atoms with Crippen LogP contribution in [0.15, 0.2) is 32.3 Å². The minimum atomic E-state index is -0.638. The van der Waals surface area contributed by atoms with E-state index >= 15 is 0 Å². The largest absolute Gasteiger partial charge is 0.422 e. The first kappa shape index (κ1) is 16.0. The molecule has 0 saturated carbocycles. The zero-order valence-electron chi connectivity index (χ0n) is 13.1. The van der Waals surface area contributed by atoms with Crippen LogP contribution in [0.4, 0.5) is 4.79 Å². The first-order chi connectivity index (χ1) is 11.0. The zero-order valence-corrected chi connectivity index (χ0v) is 13.9. The van der Waals surface area contributed by atoms with Crippen molar-refractivity contribution in [2.45, 2.75) is 18.1 Å². The molecule has 0 radical (unpaired) electrons. The van der Waals surface area contributed by atoms with Crippen LogP contribution in [0.1, 0.15) is 17.4 Å². The van der Waals surface area contributed by atoms with Crippen molar-refractivity contribution in [1.82, 2.24) is 4.90 Å². The van der Waals surface area contributed by atoms with E-state index in [1.807, 2.05) is 19.1 Å². The van der Waals surface area contributed by atoms with Gasteiger partial charge in [0.15, 0.2) is 6.29 Å². The molecule has 0 unspecified atom stereocenters. The molecule has 7 heteroatoms. The first-order valence-electron chi connectivity index (χ1n) is 7.17. The average molecular weight is 335 g/mol. The molecule has 1 aliphatic heterocycles. The van der Waals surface area contributed by atoms with E-state index in [0.29, 0.717) is 29.3 Å². The minimum absolute atomic E-state index is 0.126. The Kier molecular flexibility index (Phi) is 4.43. The second kappa shape index (κ2) is 6.35. The van der Waals surface area contributed by atoms with Crippen LogP contribution in [0.2, 0.25) is 0 Å². The Hall–Kier alpha value is -1.83. The molecule has 2 heterocycles. The number of aryl methyl sites for hydroxylation is 1. The van der Waals surface area contributed by atoms with Crippen LogP contribution in [0.3, 0.4) is 0 Å². The maximum atomic E-state index is 12.1. The number of nitrogens with zero attached hydrogens (tertiary/aromatic N) is 1. The smallest absolute Gasteiger partial charge is 0.336 e. The van der Waals surface area contributed by atoms with Crippen molar-refractivity contribution in [3.8, 4) is 0 Å². The maximum Gasteiger partial charge on any atom is 0.336 e. The van der Waals surface area contributed by atoms with Gasteiger partial charge in [0.05, 0.1) is 18.8 Å². The van der Waals surface area contributed by atoms with Crippen LogP contribution in [-0.2, 0) is 9.47 Å². The summed E-state index contributed by atoms with van der Waals surface area (Å²) in [5.74, 6) is 0. The predicted octanol–water partition coefficient (Wildman–Crippen LogP) is 2.92. The molecule has 23 heavy (non-hydrogen) atoms. The highest BCUT2D eigenvalue weighted by Crippen LogP contribution is 2.38. The van der Waals surface area contributed by atoms with Gasteiger partial charge in [0, 0.05) is 30.4 Å². The molecular formula is C16H17NO5S. The van der Waals surface area contributed by atoms with Crippen LogP contribution < -0.4 is 5.63 Å². The van der Waals surface area contributed by atoms with E-state index in [1.165, 1.54) is 11.0 Å². The van der Waals surface area contributed by atoms with Gasteiger partial charge in [-0.2, -0.15) is 0 Å². The van der Waals surface area contributed by atoms with Gasteiger partial charge >= 0.3 is 5.63 Å². The lowest BCUT2D eigenvalue weighted by Crippen LogP contribution is -2.16. The van der Waals surface area contributed by atoms with Gasteiger partial charge in [0.25, 0.3) is 5.24 Å². The molecule has 3 rings (SSSR count). The number of carbonyl (C=O) groups is 1. The van der Waals surface area contributed by atoms with E-state index in [9.17, 15) is 9.59 Å². The molecule has 1 fully saturated rings. The second-order valence-corrected chi connectivity index (χ2v) is 6.43. The van der Waals surface area contributed by atoms with Gasteiger partial charge < -0.3 is 18.8 Å². The quantitative estimate of drug-likeness (QED) is 0.621. The fourth-order valence-corrected chi connectivity index (χ4v) is 3.21. The first-order valence-corrected chi connectivity index (χ1v) is 7.98. The molecule has 0 atom stereocenters. The van der Waals surface area contributed by atoms with E-state index in [1.54, 1.807) is 14.1 Å². The van der Waals surface area contributed by atoms with Crippen molar-refractivity contribution < 1.29 is 18.7 Å². The van der Waals surface area contributed by atoms with E-state index in [4.69, 9.17) is 13.9 Å². The Balaban J connectivity index is 2.21. The van der Waals surface area contributed by atoms with Crippen molar-refractivity contribution in [1.29, 1.82) is 0 Å². The third-order valence-corrected chi connectivity index (χ3v) is 4.65. The lowest BCUT2D eigenvalue weighted by Gasteiger charge is -2.17. The van der Waals surface area contributed by atoms with Gasteiger partial charge in [0.1, 0.15) is 5.58 Å². The molecule has 0 aliphatic carbocycles. The van der Waals surface area contributed by atoms with Gasteiger partial charge in [-0.15, -0.1) is 0 Å². The van der Waals surface area contributed by atoms with Crippen molar-refractivity contribution >= 4 is 28.0 Å². The third kappa shape index (κ3) is 3.12.